The molecule has 0 saturated carbocycles. The lowest BCUT2D eigenvalue weighted by atomic mass is 10.0. The van der Waals surface area contributed by atoms with Gasteiger partial charge in [0.25, 0.3) is 0 Å². The maximum absolute atomic E-state index is 4.95. The van der Waals surface area contributed by atoms with Crippen molar-refractivity contribution in [3.63, 3.8) is 0 Å². The second kappa shape index (κ2) is 3.28. The summed E-state index contributed by atoms with van der Waals surface area (Å²) >= 11 is 0. The van der Waals surface area contributed by atoms with Gasteiger partial charge in [0.1, 0.15) is 6.61 Å². The zero-order valence-corrected chi connectivity index (χ0v) is 6.13. The van der Waals surface area contributed by atoms with Crippen LogP contribution in [0.15, 0.2) is 36.0 Å². The molecule has 52 valence electrons. The average Bonchev–Trinajstić information content (AvgIpc) is 1.95. The van der Waals surface area contributed by atoms with Crippen LogP contribution in [0, 0.1) is 6.42 Å². The number of hydrogen-bond acceptors (Lipinski definition) is 1. The molecule has 0 N–H and O–H groups in total. The normalized spacial score (nSPS) is 16.5. The van der Waals surface area contributed by atoms with Crippen molar-refractivity contribution in [3.8, 4) is 0 Å². The van der Waals surface area contributed by atoms with Crippen LogP contribution in [0.3, 0.4) is 0 Å². The van der Waals surface area contributed by atoms with E-state index in [4.69, 9.17) is 4.74 Å². The zero-order valence-electron chi connectivity index (χ0n) is 6.13. The number of methoxy groups -OCH3 is 1. The molecule has 0 spiro atoms. The Hall–Kier alpha value is -0.950. The summed E-state index contributed by atoms with van der Waals surface area (Å²) in [7, 11) is 1.69. The first-order valence-electron chi connectivity index (χ1n) is 3.23. The van der Waals surface area contributed by atoms with Gasteiger partial charge in [0, 0.05) is 31.8 Å². The highest BCUT2D eigenvalue weighted by Gasteiger charge is 2.05. The monoisotopic (exact) mass is 135 g/mol. The molecule has 1 rings (SSSR count). The summed E-state index contributed by atoms with van der Waals surface area (Å²) in [4.78, 5) is 0. The molecule has 0 aliphatic heterocycles. The van der Waals surface area contributed by atoms with Crippen LogP contribution < -0.4 is 0 Å². The van der Waals surface area contributed by atoms with E-state index in [0.29, 0.717) is 6.61 Å². The van der Waals surface area contributed by atoms with E-state index in [1.807, 2.05) is 24.6 Å². The molecule has 0 heterocycles. The van der Waals surface area contributed by atoms with Crippen molar-refractivity contribution in [2.75, 3.05) is 13.7 Å². The Labute approximate surface area is 61.7 Å². The van der Waals surface area contributed by atoms with E-state index in [-0.39, 0.29) is 0 Å². The molecule has 10 heavy (non-hydrogen) atoms. The van der Waals surface area contributed by atoms with Crippen LogP contribution in [0.25, 0.3) is 0 Å². The highest BCUT2D eigenvalue weighted by Crippen LogP contribution is 2.12. The molecule has 1 heteroatoms. The van der Waals surface area contributed by atoms with Gasteiger partial charge in [0.15, 0.2) is 0 Å². The number of ether oxygens (including phenoxy) is 1. The Morgan fingerprint density at radius 3 is 2.90 bits per heavy atom. The van der Waals surface area contributed by atoms with E-state index in [1.165, 1.54) is 5.57 Å². The minimum atomic E-state index is 0.681. The van der Waals surface area contributed by atoms with E-state index < -0.39 is 0 Å². The summed E-state index contributed by atoms with van der Waals surface area (Å²) in [6.45, 7) is 4.46. The van der Waals surface area contributed by atoms with Gasteiger partial charge in [-0.2, -0.15) is 0 Å². The molecule has 1 nitrogen and oxygen atoms in total. The molecule has 0 aromatic rings. The van der Waals surface area contributed by atoms with E-state index in [2.05, 4.69) is 6.58 Å². The van der Waals surface area contributed by atoms with Gasteiger partial charge in [0.2, 0.25) is 0 Å². The number of allylic oxidation sites excluding steroid dienone is 3. The van der Waals surface area contributed by atoms with Crippen molar-refractivity contribution in [1.29, 1.82) is 0 Å². The molecule has 0 radical (unpaired) electrons. The van der Waals surface area contributed by atoms with E-state index in [1.54, 1.807) is 7.11 Å². The summed E-state index contributed by atoms with van der Waals surface area (Å²) in [6.07, 6.45) is 8.00. The fraction of sp³-hybridized carbons (Fsp3) is 0.222. The summed E-state index contributed by atoms with van der Waals surface area (Å²) in [5, 5.41) is 0. The molecule has 0 amide bonds. The van der Waals surface area contributed by atoms with Crippen LogP contribution in [0.1, 0.15) is 0 Å². The number of rotatable bonds is 2. The van der Waals surface area contributed by atoms with Gasteiger partial charge in [-0.05, 0) is 6.58 Å². The van der Waals surface area contributed by atoms with E-state index in [0.717, 1.165) is 5.57 Å². The topological polar surface area (TPSA) is 9.23 Å². The van der Waals surface area contributed by atoms with Gasteiger partial charge < -0.3 is 4.74 Å². The summed E-state index contributed by atoms with van der Waals surface area (Å²) in [5.41, 5.74) is 2.23. The second-order valence-electron chi connectivity index (χ2n) is 2.25. The van der Waals surface area contributed by atoms with Gasteiger partial charge in [-0.1, -0.05) is 0 Å². The van der Waals surface area contributed by atoms with Crippen molar-refractivity contribution < 1.29 is 4.74 Å². The molecule has 0 aromatic heterocycles. The highest BCUT2D eigenvalue weighted by atomic mass is 16.5. The lowest BCUT2D eigenvalue weighted by Gasteiger charge is -1.98. The maximum Gasteiger partial charge on any atom is 0.105 e. The predicted octanol–water partition coefficient (Wildman–Crippen LogP) is 1.89. The molecule has 0 unspecified atom stereocenters. The van der Waals surface area contributed by atoms with Gasteiger partial charge in [0.05, 0.1) is 11.1 Å². The van der Waals surface area contributed by atoms with Gasteiger partial charge in [-0.3, -0.25) is 0 Å². The lowest BCUT2D eigenvalue weighted by Crippen LogP contribution is -1.95. The third-order valence-corrected chi connectivity index (χ3v) is 1.33. The third kappa shape index (κ3) is 1.78. The lowest BCUT2D eigenvalue weighted by molar-refractivity contribution is 0.228. The summed E-state index contributed by atoms with van der Waals surface area (Å²) in [5.74, 6) is 0. The zero-order chi connectivity index (χ0) is 7.40. The minimum Gasteiger partial charge on any atom is -0.370 e. The second-order valence-corrected chi connectivity index (χ2v) is 2.25. The van der Waals surface area contributed by atoms with E-state index in [9.17, 15) is 0 Å². The van der Waals surface area contributed by atoms with Gasteiger partial charge in [-0.15, -0.1) is 0 Å². The van der Waals surface area contributed by atoms with Crippen LogP contribution in [-0.2, 0) is 4.74 Å². The van der Waals surface area contributed by atoms with Crippen LogP contribution in [-0.4, -0.2) is 13.7 Å². The largest absolute Gasteiger partial charge is 0.370 e. The SMILES string of the molecule is C=C1C=CC(COC)=C[CH+]1. The standard InChI is InChI=1S/C9H11O/c1-8-3-5-9(6-4-8)7-10-2/h3-6H,1,7H2,2H3/q+1. The third-order valence-electron chi connectivity index (χ3n) is 1.33. The molecular weight excluding hydrogens is 124 g/mol. The Morgan fingerprint density at radius 1 is 1.60 bits per heavy atom. The smallest absolute Gasteiger partial charge is 0.105 e. The van der Waals surface area contributed by atoms with Crippen molar-refractivity contribution >= 4 is 0 Å². The molecule has 1 aliphatic carbocycles. The average molecular weight is 135 g/mol. The van der Waals surface area contributed by atoms with Gasteiger partial charge >= 0.3 is 0 Å². The van der Waals surface area contributed by atoms with Crippen molar-refractivity contribution in [2.45, 2.75) is 0 Å². The molecule has 0 fully saturated rings. The molecule has 0 aromatic carbocycles. The Bertz CT molecular complexity index is 187. The molecule has 0 atom stereocenters. The Balaban J connectivity index is 2.50. The number of hydrogen-bond donors (Lipinski definition) is 0. The van der Waals surface area contributed by atoms with Crippen molar-refractivity contribution in [2.24, 2.45) is 0 Å². The summed E-state index contributed by atoms with van der Waals surface area (Å²) in [6, 6.07) is 0. The van der Waals surface area contributed by atoms with Crippen LogP contribution >= 0.6 is 0 Å². The van der Waals surface area contributed by atoms with Crippen LogP contribution in [0.2, 0.25) is 0 Å². The molecule has 0 bridgehead atoms. The fourth-order valence-electron chi connectivity index (χ4n) is 0.802. The Kier molecular flexibility index (Phi) is 2.35. The quantitative estimate of drug-likeness (QED) is 0.525. The van der Waals surface area contributed by atoms with Crippen LogP contribution in [0.4, 0.5) is 0 Å². The first-order valence-corrected chi connectivity index (χ1v) is 3.23. The minimum absolute atomic E-state index is 0.681. The highest BCUT2D eigenvalue weighted by molar-refractivity contribution is 5.41. The van der Waals surface area contributed by atoms with E-state index >= 15 is 0 Å². The predicted molar refractivity (Wildman–Crippen MR) is 42.5 cm³/mol. The molecule has 0 saturated heterocycles. The van der Waals surface area contributed by atoms with Crippen LogP contribution in [0.5, 0.6) is 0 Å². The maximum atomic E-state index is 4.95. The van der Waals surface area contributed by atoms with Crippen molar-refractivity contribution in [1.82, 2.24) is 0 Å². The first-order chi connectivity index (χ1) is 4.83. The first kappa shape index (κ1) is 7.16. The summed E-state index contributed by atoms with van der Waals surface area (Å²) < 4.78 is 4.95. The van der Waals surface area contributed by atoms with Gasteiger partial charge in [-0.25, -0.2) is 0 Å². The Morgan fingerprint density at radius 2 is 2.40 bits per heavy atom. The molecule has 1 aliphatic rings. The fourth-order valence-corrected chi connectivity index (χ4v) is 0.802. The van der Waals surface area contributed by atoms with Crippen molar-refractivity contribution in [3.05, 3.63) is 42.4 Å². The molecular formula is C9H11O+.